The van der Waals surface area contributed by atoms with Gasteiger partial charge in [-0.15, -0.1) is 0 Å². The topological polar surface area (TPSA) is 111 Å². The third-order valence-electron chi connectivity index (χ3n) is 4.24. The number of imidazole rings is 1. The largest absolute Gasteiger partial charge is 0.480 e. The predicted molar refractivity (Wildman–Crippen MR) is 94.3 cm³/mol. The number of hydrogen-bond acceptors (Lipinski definition) is 4. The van der Waals surface area contributed by atoms with Gasteiger partial charge in [-0.3, -0.25) is 14.2 Å². The molecule has 2 heterocycles. The van der Waals surface area contributed by atoms with Gasteiger partial charge in [0.25, 0.3) is 5.56 Å². The Balaban J connectivity index is 2.35. The molecule has 3 rings (SSSR count). The Labute approximate surface area is 142 Å². The van der Waals surface area contributed by atoms with Crippen LogP contribution >= 0.6 is 0 Å². The number of aliphatic carboxylic acids is 1. The number of nitrogens with one attached hydrogen (secondary N) is 1. The zero-order valence-corrected chi connectivity index (χ0v) is 13.8. The van der Waals surface area contributed by atoms with Gasteiger partial charge in [-0.2, -0.15) is 5.26 Å². The number of hydrogen-bond donors (Lipinski definition) is 2. The summed E-state index contributed by atoms with van der Waals surface area (Å²) in [5.74, 6) is -1.05. The van der Waals surface area contributed by atoms with Crippen LogP contribution in [-0.2, 0) is 4.79 Å². The molecule has 1 aromatic carbocycles. The number of fused-ring (bicyclic) bond motifs is 3. The minimum atomic E-state index is -1.05. The number of aromatic amines is 1. The summed E-state index contributed by atoms with van der Waals surface area (Å²) in [5.41, 5.74) is 2.50. The molecule has 0 radical (unpaired) electrons. The van der Waals surface area contributed by atoms with Gasteiger partial charge in [0.05, 0.1) is 22.2 Å². The molecule has 1 unspecified atom stereocenters. The molecule has 3 aromatic rings. The number of aromatic nitrogens is 2. The number of benzene rings is 1. The minimum absolute atomic E-state index is 0.221. The van der Waals surface area contributed by atoms with E-state index in [4.69, 9.17) is 5.11 Å². The third-order valence-corrected chi connectivity index (χ3v) is 4.24. The van der Waals surface area contributed by atoms with E-state index in [-0.39, 0.29) is 11.1 Å². The van der Waals surface area contributed by atoms with E-state index in [2.05, 4.69) is 16.0 Å². The van der Waals surface area contributed by atoms with Gasteiger partial charge < -0.3 is 10.1 Å². The maximum Gasteiger partial charge on any atom is 0.328 e. The van der Waals surface area contributed by atoms with Crippen LogP contribution < -0.4 is 5.56 Å². The predicted octanol–water partition coefficient (Wildman–Crippen LogP) is 2.24. The van der Waals surface area contributed by atoms with E-state index in [1.54, 1.807) is 26.0 Å². The number of aliphatic imine (C=N–C) groups is 1. The first-order chi connectivity index (χ1) is 12.0. The van der Waals surface area contributed by atoms with Gasteiger partial charge >= 0.3 is 5.97 Å². The number of nitrogens with zero attached hydrogens (tertiary/aromatic N) is 3. The van der Waals surface area contributed by atoms with Crippen LogP contribution in [0.1, 0.15) is 30.0 Å². The van der Waals surface area contributed by atoms with Crippen molar-refractivity contribution in [3.05, 3.63) is 51.3 Å². The molecule has 0 amide bonds. The molecular formula is C18H16N4O3. The summed E-state index contributed by atoms with van der Waals surface area (Å²) in [4.78, 5) is 31.2. The van der Waals surface area contributed by atoms with Gasteiger partial charge in [0, 0.05) is 6.21 Å². The molecule has 0 aliphatic heterocycles. The molecular weight excluding hydrogens is 320 g/mol. The number of nitriles is 1. The van der Waals surface area contributed by atoms with Gasteiger partial charge in [0.1, 0.15) is 17.8 Å². The zero-order chi connectivity index (χ0) is 18.1. The van der Waals surface area contributed by atoms with E-state index < -0.39 is 12.0 Å². The molecule has 0 saturated carbocycles. The highest BCUT2D eigenvalue weighted by molar-refractivity contribution is 5.89. The van der Waals surface area contributed by atoms with Crippen molar-refractivity contribution >= 4 is 28.9 Å². The second-order valence-corrected chi connectivity index (χ2v) is 5.70. The number of pyridine rings is 1. The Hall–Kier alpha value is -3.40. The van der Waals surface area contributed by atoms with Crippen molar-refractivity contribution in [2.75, 3.05) is 0 Å². The van der Waals surface area contributed by atoms with Crippen molar-refractivity contribution in [3.8, 4) is 6.07 Å². The molecule has 25 heavy (non-hydrogen) atoms. The van der Waals surface area contributed by atoms with Crippen LogP contribution in [0.5, 0.6) is 0 Å². The standard InChI is InChI=1S/C18H16N4O3/c1-3-13(18(24)25)20-9-12-10(2)11(8-19)16-21-14-6-4-5-7-15(14)22(16)17(12)23/h4-7,9,13,21H,3H2,1-2H3,(H,24,25). The summed E-state index contributed by atoms with van der Waals surface area (Å²) < 4.78 is 1.43. The summed E-state index contributed by atoms with van der Waals surface area (Å²) in [5, 5.41) is 18.7. The van der Waals surface area contributed by atoms with Crippen LogP contribution in [0.3, 0.4) is 0 Å². The van der Waals surface area contributed by atoms with Crippen LogP contribution in [0.15, 0.2) is 34.1 Å². The highest BCUT2D eigenvalue weighted by Crippen LogP contribution is 2.20. The van der Waals surface area contributed by atoms with E-state index in [0.29, 0.717) is 28.7 Å². The molecule has 0 bridgehead atoms. The highest BCUT2D eigenvalue weighted by atomic mass is 16.4. The molecule has 0 aliphatic carbocycles. The van der Waals surface area contributed by atoms with Crippen LogP contribution in [0.2, 0.25) is 0 Å². The summed E-state index contributed by atoms with van der Waals surface area (Å²) in [6, 6.07) is 8.44. The average Bonchev–Trinajstić information content (AvgIpc) is 2.97. The SMILES string of the molecule is CCC(N=Cc1c(C)c(C#N)c2[nH]c3ccccc3n2c1=O)C(=O)O. The number of carbonyl (C=O) groups is 1. The second-order valence-electron chi connectivity index (χ2n) is 5.70. The van der Waals surface area contributed by atoms with E-state index in [9.17, 15) is 14.9 Å². The number of carboxylic acids is 1. The molecule has 0 fully saturated rings. The van der Waals surface area contributed by atoms with E-state index in [0.717, 1.165) is 5.52 Å². The number of H-pyrrole nitrogens is 1. The van der Waals surface area contributed by atoms with Gasteiger partial charge in [-0.05, 0) is 31.0 Å². The van der Waals surface area contributed by atoms with Gasteiger partial charge in [-0.1, -0.05) is 19.1 Å². The molecule has 1 atom stereocenters. The lowest BCUT2D eigenvalue weighted by Crippen LogP contribution is -2.22. The van der Waals surface area contributed by atoms with Crippen molar-refractivity contribution in [1.82, 2.24) is 9.38 Å². The van der Waals surface area contributed by atoms with Crippen LogP contribution in [0.4, 0.5) is 0 Å². The van der Waals surface area contributed by atoms with E-state index in [1.807, 2.05) is 12.1 Å². The van der Waals surface area contributed by atoms with Crippen LogP contribution in [0, 0.1) is 18.3 Å². The monoisotopic (exact) mass is 336 g/mol. The molecule has 7 nitrogen and oxygen atoms in total. The maximum atomic E-state index is 13.0. The third kappa shape index (κ3) is 2.58. The lowest BCUT2D eigenvalue weighted by atomic mass is 10.1. The summed E-state index contributed by atoms with van der Waals surface area (Å²) in [7, 11) is 0. The lowest BCUT2D eigenvalue weighted by Gasteiger charge is -2.07. The lowest BCUT2D eigenvalue weighted by molar-refractivity contribution is -0.138. The quantitative estimate of drug-likeness (QED) is 0.712. The average molecular weight is 336 g/mol. The summed E-state index contributed by atoms with van der Waals surface area (Å²) in [6.07, 6.45) is 1.58. The fourth-order valence-corrected chi connectivity index (χ4v) is 2.85. The van der Waals surface area contributed by atoms with Crippen molar-refractivity contribution < 1.29 is 9.90 Å². The van der Waals surface area contributed by atoms with Crippen molar-refractivity contribution in [3.63, 3.8) is 0 Å². The van der Waals surface area contributed by atoms with Gasteiger partial charge in [0.2, 0.25) is 0 Å². The fraction of sp³-hybridized carbons (Fsp3) is 0.222. The first-order valence-electron chi connectivity index (χ1n) is 7.81. The normalized spacial score (nSPS) is 12.7. The number of rotatable bonds is 4. The Kier molecular flexibility index (Phi) is 4.11. The van der Waals surface area contributed by atoms with Crippen molar-refractivity contribution in [2.24, 2.45) is 4.99 Å². The summed E-state index contributed by atoms with van der Waals surface area (Å²) in [6.45, 7) is 3.37. The Morgan fingerprint density at radius 2 is 2.20 bits per heavy atom. The molecule has 0 saturated heterocycles. The van der Waals surface area contributed by atoms with E-state index in [1.165, 1.54) is 10.6 Å². The first kappa shape index (κ1) is 16.5. The molecule has 0 spiro atoms. The molecule has 0 aliphatic rings. The summed E-state index contributed by atoms with van der Waals surface area (Å²) >= 11 is 0. The Morgan fingerprint density at radius 3 is 2.84 bits per heavy atom. The number of carboxylic acid groups (broad SMARTS) is 1. The van der Waals surface area contributed by atoms with Crippen molar-refractivity contribution in [1.29, 1.82) is 5.26 Å². The second kappa shape index (κ2) is 6.24. The highest BCUT2D eigenvalue weighted by Gasteiger charge is 2.18. The molecule has 7 heteroatoms. The smallest absolute Gasteiger partial charge is 0.328 e. The van der Waals surface area contributed by atoms with Crippen LogP contribution in [0.25, 0.3) is 16.7 Å². The van der Waals surface area contributed by atoms with Crippen molar-refractivity contribution in [2.45, 2.75) is 26.3 Å². The zero-order valence-electron chi connectivity index (χ0n) is 13.8. The first-order valence-corrected chi connectivity index (χ1v) is 7.81. The maximum absolute atomic E-state index is 13.0. The molecule has 2 aromatic heterocycles. The fourth-order valence-electron chi connectivity index (χ4n) is 2.85. The van der Waals surface area contributed by atoms with Gasteiger partial charge in [0.15, 0.2) is 0 Å². The van der Waals surface area contributed by atoms with Crippen LogP contribution in [-0.4, -0.2) is 32.7 Å². The Morgan fingerprint density at radius 1 is 1.48 bits per heavy atom. The minimum Gasteiger partial charge on any atom is -0.480 e. The molecule has 2 N–H and O–H groups in total. The number of para-hydroxylation sites is 2. The van der Waals surface area contributed by atoms with E-state index >= 15 is 0 Å². The Bertz CT molecular complexity index is 1120. The molecule has 126 valence electrons. The van der Waals surface area contributed by atoms with Gasteiger partial charge in [-0.25, -0.2) is 4.79 Å².